The number of hydrogen-bond acceptors (Lipinski definition) is 2. The molecule has 0 aliphatic heterocycles. The second-order valence-corrected chi connectivity index (χ2v) is 6.13. The number of carbonyl (C=O) groups is 1. The van der Waals surface area contributed by atoms with Crippen molar-refractivity contribution in [3.8, 4) is 0 Å². The summed E-state index contributed by atoms with van der Waals surface area (Å²) >= 11 is 0. The van der Waals surface area contributed by atoms with Crippen LogP contribution in [0.25, 0.3) is 21.8 Å². The summed E-state index contributed by atoms with van der Waals surface area (Å²) in [4.78, 5) is 24.3. The van der Waals surface area contributed by atoms with Crippen LogP contribution >= 0.6 is 0 Å². The monoisotopic (exact) mass is 307 g/mol. The van der Waals surface area contributed by atoms with Gasteiger partial charge < -0.3 is 9.67 Å². The second kappa shape index (κ2) is 5.23. The zero-order valence-electron chi connectivity index (χ0n) is 12.7. The predicted molar refractivity (Wildman–Crippen MR) is 90.0 cm³/mol. The van der Waals surface area contributed by atoms with Crippen LogP contribution in [0.3, 0.4) is 0 Å². The highest BCUT2D eigenvalue weighted by Crippen LogP contribution is 2.30. The van der Waals surface area contributed by atoms with Crippen molar-refractivity contribution in [2.75, 3.05) is 0 Å². The third-order valence-corrected chi connectivity index (χ3v) is 4.75. The van der Waals surface area contributed by atoms with Gasteiger partial charge in [0.25, 0.3) is 0 Å². The SMILES string of the molecule is O=C(O)Cn1c2ccccc2c(=O)c2ccc3c(c21)CCCC3. The van der Waals surface area contributed by atoms with Crippen LogP contribution in [0, 0.1) is 0 Å². The lowest BCUT2D eigenvalue weighted by Crippen LogP contribution is -2.18. The Morgan fingerprint density at radius 1 is 1.04 bits per heavy atom. The van der Waals surface area contributed by atoms with Gasteiger partial charge >= 0.3 is 5.97 Å². The van der Waals surface area contributed by atoms with Gasteiger partial charge in [0, 0.05) is 10.8 Å². The van der Waals surface area contributed by atoms with Crippen LogP contribution in [-0.4, -0.2) is 15.6 Å². The summed E-state index contributed by atoms with van der Waals surface area (Å²) in [6.45, 7) is -0.131. The van der Waals surface area contributed by atoms with E-state index in [9.17, 15) is 14.7 Å². The molecule has 0 saturated carbocycles. The molecule has 2 aromatic carbocycles. The van der Waals surface area contributed by atoms with Gasteiger partial charge in [0.2, 0.25) is 0 Å². The van der Waals surface area contributed by atoms with Crippen LogP contribution in [-0.2, 0) is 24.2 Å². The first-order valence-electron chi connectivity index (χ1n) is 7.94. The van der Waals surface area contributed by atoms with Crippen LogP contribution < -0.4 is 5.43 Å². The number of carboxylic acid groups (broad SMARTS) is 1. The first-order chi connectivity index (χ1) is 11.2. The number of rotatable bonds is 2. The predicted octanol–water partition coefficient (Wildman–Crippen LogP) is 3.12. The van der Waals surface area contributed by atoms with E-state index in [4.69, 9.17) is 0 Å². The van der Waals surface area contributed by atoms with Gasteiger partial charge in [-0.2, -0.15) is 0 Å². The number of fused-ring (bicyclic) bond motifs is 4. The zero-order valence-corrected chi connectivity index (χ0v) is 12.7. The number of carboxylic acids is 1. The van der Waals surface area contributed by atoms with E-state index in [-0.39, 0.29) is 12.0 Å². The van der Waals surface area contributed by atoms with E-state index in [1.54, 1.807) is 10.6 Å². The molecule has 23 heavy (non-hydrogen) atoms. The molecule has 0 bridgehead atoms. The number of aryl methyl sites for hydroxylation is 2. The lowest BCUT2D eigenvalue weighted by atomic mass is 9.89. The Bertz CT molecular complexity index is 1000. The Morgan fingerprint density at radius 2 is 1.83 bits per heavy atom. The molecule has 1 aromatic heterocycles. The number of para-hydroxylation sites is 1. The van der Waals surface area contributed by atoms with Crippen LogP contribution in [0.2, 0.25) is 0 Å². The largest absolute Gasteiger partial charge is 0.480 e. The Labute approximate surface area is 133 Å². The van der Waals surface area contributed by atoms with E-state index in [2.05, 4.69) is 0 Å². The van der Waals surface area contributed by atoms with Gasteiger partial charge in [0.05, 0.1) is 11.0 Å². The Hall–Kier alpha value is -2.62. The maximum absolute atomic E-state index is 12.9. The average molecular weight is 307 g/mol. The highest BCUT2D eigenvalue weighted by atomic mass is 16.4. The van der Waals surface area contributed by atoms with Crippen molar-refractivity contribution in [2.45, 2.75) is 32.2 Å². The first-order valence-corrected chi connectivity index (χ1v) is 7.94. The van der Waals surface area contributed by atoms with E-state index in [0.717, 1.165) is 36.8 Å². The molecule has 0 unspecified atom stereocenters. The highest BCUT2D eigenvalue weighted by molar-refractivity contribution is 5.96. The molecular weight excluding hydrogens is 290 g/mol. The minimum absolute atomic E-state index is 0.00869. The quantitative estimate of drug-likeness (QED) is 0.740. The molecule has 0 atom stereocenters. The Balaban J connectivity index is 2.23. The summed E-state index contributed by atoms with van der Waals surface area (Å²) < 4.78 is 1.80. The van der Waals surface area contributed by atoms with Gasteiger partial charge in [0.1, 0.15) is 6.54 Å². The van der Waals surface area contributed by atoms with E-state index in [1.165, 1.54) is 5.56 Å². The van der Waals surface area contributed by atoms with Crippen molar-refractivity contribution in [3.63, 3.8) is 0 Å². The standard InChI is InChI=1S/C19H17NO3/c21-17(22)11-20-16-8-4-3-7-14(16)19(23)15-10-9-12-5-1-2-6-13(12)18(15)20/h3-4,7-10H,1-2,5-6,11H2,(H,21,22). The first kappa shape index (κ1) is 14.0. The zero-order chi connectivity index (χ0) is 16.0. The van der Waals surface area contributed by atoms with Crippen molar-refractivity contribution >= 4 is 27.8 Å². The average Bonchev–Trinajstić information content (AvgIpc) is 2.57. The third-order valence-electron chi connectivity index (χ3n) is 4.75. The van der Waals surface area contributed by atoms with Crippen molar-refractivity contribution in [1.82, 2.24) is 4.57 Å². The molecule has 4 rings (SSSR count). The highest BCUT2D eigenvalue weighted by Gasteiger charge is 2.19. The molecule has 1 heterocycles. The topological polar surface area (TPSA) is 59.3 Å². The summed E-state index contributed by atoms with van der Waals surface area (Å²) in [6.07, 6.45) is 4.14. The van der Waals surface area contributed by atoms with Crippen LogP contribution in [0.1, 0.15) is 24.0 Å². The van der Waals surface area contributed by atoms with Crippen LogP contribution in [0.4, 0.5) is 0 Å². The minimum Gasteiger partial charge on any atom is -0.480 e. The van der Waals surface area contributed by atoms with E-state index in [0.29, 0.717) is 16.3 Å². The molecule has 0 radical (unpaired) electrons. The Kier molecular flexibility index (Phi) is 3.18. The van der Waals surface area contributed by atoms with E-state index < -0.39 is 5.97 Å². The third kappa shape index (κ3) is 2.13. The smallest absolute Gasteiger partial charge is 0.323 e. The fraction of sp³-hybridized carbons (Fsp3) is 0.263. The van der Waals surface area contributed by atoms with Gasteiger partial charge in [-0.3, -0.25) is 9.59 Å². The molecule has 0 saturated heterocycles. The van der Waals surface area contributed by atoms with Crippen molar-refractivity contribution in [3.05, 3.63) is 57.7 Å². The molecule has 0 spiro atoms. The van der Waals surface area contributed by atoms with Gasteiger partial charge in [-0.05, 0) is 55.0 Å². The molecule has 0 amide bonds. The molecule has 116 valence electrons. The van der Waals surface area contributed by atoms with E-state index >= 15 is 0 Å². The van der Waals surface area contributed by atoms with Gasteiger partial charge in [-0.15, -0.1) is 0 Å². The summed E-state index contributed by atoms with van der Waals surface area (Å²) in [7, 11) is 0. The second-order valence-electron chi connectivity index (χ2n) is 6.13. The normalized spacial score (nSPS) is 14.1. The molecule has 3 aromatic rings. The molecule has 0 fully saturated rings. The van der Waals surface area contributed by atoms with Gasteiger partial charge in [-0.1, -0.05) is 18.2 Å². The Morgan fingerprint density at radius 3 is 2.65 bits per heavy atom. The molecule has 1 aliphatic rings. The van der Waals surface area contributed by atoms with Crippen LogP contribution in [0.15, 0.2) is 41.2 Å². The summed E-state index contributed by atoms with van der Waals surface area (Å²) in [5.41, 5.74) is 3.90. The number of aliphatic carboxylic acids is 1. The maximum Gasteiger partial charge on any atom is 0.323 e. The van der Waals surface area contributed by atoms with Crippen molar-refractivity contribution < 1.29 is 9.90 Å². The fourth-order valence-corrected chi connectivity index (χ4v) is 3.77. The van der Waals surface area contributed by atoms with Gasteiger partial charge in [0.15, 0.2) is 5.43 Å². The lowest BCUT2D eigenvalue weighted by Gasteiger charge is -2.22. The number of hydrogen-bond donors (Lipinski definition) is 1. The molecule has 4 nitrogen and oxygen atoms in total. The number of aromatic nitrogens is 1. The van der Waals surface area contributed by atoms with E-state index in [1.807, 2.05) is 30.3 Å². The molecule has 1 aliphatic carbocycles. The van der Waals surface area contributed by atoms with Gasteiger partial charge in [-0.25, -0.2) is 0 Å². The summed E-state index contributed by atoms with van der Waals surface area (Å²) in [6, 6.07) is 11.2. The summed E-state index contributed by atoms with van der Waals surface area (Å²) in [5, 5.41) is 10.6. The summed E-state index contributed by atoms with van der Waals surface area (Å²) in [5.74, 6) is -0.895. The number of nitrogens with zero attached hydrogens (tertiary/aromatic N) is 1. The van der Waals surface area contributed by atoms with Crippen molar-refractivity contribution in [1.29, 1.82) is 0 Å². The minimum atomic E-state index is -0.895. The maximum atomic E-state index is 12.9. The molecule has 1 N–H and O–H groups in total. The lowest BCUT2D eigenvalue weighted by molar-refractivity contribution is -0.137. The molecular formula is C19H17NO3. The fourth-order valence-electron chi connectivity index (χ4n) is 3.77. The van der Waals surface area contributed by atoms with Crippen LogP contribution in [0.5, 0.6) is 0 Å². The van der Waals surface area contributed by atoms with Crippen molar-refractivity contribution in [2.24, 2.45) is 0 Å². The number of pyridine rings is 1. The molecule has 4 heteroatoms. The number of benzene rings is 2.